The Morgan fingerprint density at radius 2 is 2.00 bits per heavy atom. The quantitative estimate of drug-likeness (QED) is 0.672. The van der Waals surface area contributed by atoms with Crippen LogP contribution in [0.2, 0.25) is 0 Å². The molecule has 0 saturated carbocycles. The summed E-state index contributed by atoms with van der Waals surface area (Å²) in [4.78, 5) is 11.6. The average Bonchev–Trinajstić information content (AvgIpc) is 2.44. The third-order valence-electron chi connectivity index (χ3n) is 3.31. The summed E-state index contributed by atoms with van der Waals surface area (Å²) in [5.74, 6) is 0.714. The molecule has 0 saturated heterocycles. The first-order chi connectivity index (χ1) is 9.22. The molecule has 0 aliphatic carbocycles. The zero-order valence-corrected chi connectivity index (χ0v) is 11.9. The highest BCUT2D eigenvalue weighted by Gasteiger charge is 2.02. The lowest BCUT2D eigenvalue weighted by Gasteiger charge is -2.08. The number of hydrogen-bond acceptors (Lipinski definition) is 2. The normalized spacial score (nSPS) is 12.1. The van der Waals surface area contributed by atoms with Gasteiger partial charge in [-0.2, -0.15) is 0 Å². The zero-order valence-electron chi connectivity index (χ0n) is 11.9. The van der Waals surface area contributed by atoms with Gasteiger partial charge in [-0.25, -0.2) is 0 Å². The van der Waals surface area contributed by atoms with E-state index in [0.29, 0.717) is 12.3 Å². The Balaban J connectivity index is 2.02. The van der Waals surface area contributed by atoms with Gasteiger partial charge in [-0.1, -0.05) is 37.3 Å². The second-order valence-corrected chi connectivity index (χ2v) is 5.17. The molecule has 3 heteroatoms. The number of benzene rings is 1. The Morgan fingerprint density at radius 3 is 2.68 bits per heavy atom. The van der Waals surface area contributed by atoms with Crippen LogP contribution in [0.15, 0.2) is 30.3 Å². The van der Waals surface area contributed by atoms with Crippen LogP contribution in [0.5, 0.6) is 0 Å². The summed E-state index contributed by atoms with van der Waals surface area (Å²) in [6.07, 6.45) is 4.60. The van der Waals surface area contributed by atoms with Gasteiger partial charge >= 0.3 is 0 Å². The van der Waals surface area contributed by atoms with E-state index < -0.39 is 0 Å². The Morgan fingerprint density at radius 1 is 1.26 bits per heavy atom. The number of aryl methyl sites for hydroxylation is 1. The molecule has 0 fully saturated rings. The maximum absolute atomic E-state index is 11.6. The van der Waals surface area contributed by atoms with E-state index in [1.165, 1.54) is 5.56 Å². The highest BCUT2D eigenvalue weighted by Crippen LogP contribution is 2.05. The first-order valence-electron chi connectivity index (χ1n) is 7.23. The molecule has 1 unspecified atom stereocenters. The molecule has 19 heavy (non-hydrogen) atoms. The Hall–Kier alpha value is -1.35. The van der Waals surface area contributed by atoms with E-state index in [4.69, 9.17) is 5.73 Å². The van der Waals surface area contributed by atoms with Gasteiger partial charge in [0.2, 0.25) is 5.91 Å². The Bertz CT molecular complexity index is 351. The van der Waals surface area contributed by atoms with Crippen LogP contribution in [0.4, 0.5) is 0 Å². The number of amides is 1. The lowest BCUT2D eigenvalue weighted by Crippen LogP contribution is -2.25. The van der Waals surface area contributed by atoms with Crippen molar-refractivity contribution < 1.29 is 4.79 Å². The van der Waals surface area contributed by atoms with E-state index in [1.54, 1.807) is 0 Å². The SMILES string of the molecule is CC(CN)CCCNC(=O)CCCc1ccccc1. The van der Waals surface area contributed by atoms with E-state index in [0.717, 1.165) is 38.8 Å². The molecule has 0 aliphatic heterocycles. The average molecular weight is 262 g/mol. The van der Waals surface area contributed by atoms with Gasteiger partial charge < -0.3 is 11.1 Å². The molecule has 0 aromatic heterocycles. The third-order valence-corrected chi connectivity index (χ3v) is 3.31. The lowest BCUT2D eigenvalue weighted by molar-refractivity contribution is -0.121. The maximum atomic E-state index is 11.6. The largest absolute Gasteiger partial charge is 0.356 e. The summed E-state index contributed by atoms with van der Waals surface area (Å²) >= 11 is 0. The van der Waals surface area contributed by atoms with Crippen molar-refractivity contribution in [1.29, 1.82) is 0 Å². The molecule has 0 aliphatic rings. The minimum atomic E-state index is 0.163. The van der Waals surface area contributed by atoms with Gasteiger partial charge in [-0.05, 0) is 43.7 Å². The number of nitrogens with two attached hydrogens (primary N) is 1. The van der Waals surface area contributed by atoms with Gasteiger partial charge in [-0.3, -0.25) is 4.79 Å². The van der Waals surface area contributed by atoms with Gasteiger partial charge in [0.15, 0.2) is 0 Å². The first kappa shape index (κ1) is 15.7. The summed E-state index contributed by atoms with van der Waals surface area (Å²) in [6.45, 7) is 3.64. The fourth-order valence-corrected chi connectivity index (χ4v) is 1.98. The van der Waals surface area contributed by atoms with Crippen LogP contribution in [-0.4, -0.2) is 19.0 Å². The van der Waals surface area contributed by atoms with Crippen molar-refractivity contribution in [1.82, 2.24) is 5.32 Å². The molecule has 106 valence electrons. The van der Waals surface area contributed by atoms with Gasteiger partial charge in [0, 0.05) is 13.0 Å². The molecule has 1 atom stereocenters. The molecular weight excluding hydrogens is 236 g/mol. The topological polar surface area (TPSA) is 55.1 Å². The van der Waals surface area contributed by atoms with Crippen molar-refractivity contribution >= 4 is 5.91 Å². The van der Waals surface area contributed by atoms with Gasteiger partial charge in [0.1, 0.15) is 0 Å². The van der Waals surface area contributed by atoms with E-state index in [-0.39, 0.29) is 5.91 Å². The summed E-state index contributed by atoms with van der Waals surface area (Å²) in [5, 5.41) is 2.97. The third kappa shape index (κ3) is 7.62. The minimum Gasteiger partial charge on any atom is -0.356 e. The van der Waals surface area contributed by atoms with Crippen molar-refractivity contribution in [2.75, 3.05) is 13.1 Å². The Kier molecular flexibility index (Phi) is 7.91. The molecule has 0 bridgehead atoms. The molecular formula is C16H26N2O. The number of rotatable bonds is 9. The van der Waals surface area contributed by atoms with Crippen molar-refractivity contribution in [3.8, 4) is 0 Å². The van der Waals surface area contributed by atoms with Crippen LogP contribution >= 0.6 is 0 Å². The van der Waals surface area contributed by atoms with Crippen LogP contribution in [0.25, 0.3) is 0 Å². The molecule has 0 spiro atoms. The van der Waals surface area contributed by atoms with Crippen molar-refractivity contribution in [2.24, 2.45) is 11.7 Å². The van der Waals surface area contributed by atoms with E-state index in [1.807, 2.05) is 18.2 Å². The first-order valence-corrected chi connectivity index (χ1v) is 7.23. The smallest absolute Gasteiger partial charge is 0.220 e. The van der Waals surface area contributed by atoms with Crippen LogP contribution in [0.1, 0.15) is 38.2 Å². The van der Waals surface area contributed by atoms with E-state index in [2.05, 4.69) is 24.4 Å². The number of hydrogen-bond donors (Lipinski definition) is 2. The monoisotopic (exact) mass is 262 g/mol. The highest BCUT2D eigenvalue weighted by molar-refractivity contribution is 5.75. The number of carbonyl (C=O) groups excluding carboxylic acids is 1. The van der Waals surface area contributed by atoms with Gasteiger partial charge in [0.05, 0.1) is 0 Å². The van der Waals surface area contributed by atoms with E-state index in [9.17, 15) is 4.79 Å². The fourth-order valence-electron chi connectivity index (χ4n) is 1.98. The van der Waals surface area contributed by atoms with Crippen molar-refractivity contribution in [3.63, 3.8) is 0 Å². The number of carbonyl (C=O) groups is 1. The molecule has 3 N–H and O–H groups in total. The summed E-state index contributed by atoms with van der Waals surface area (Å²) in [5.41, 5.74) is 6.85. The van der Waals surface area contributed by atoms with Crippen molar-refractivity contribution in [3.05, 3.63) is 35.9 Å². The predicted octanol–water partition coefficient (Wildman–Crippen LogP) is 2.50. The standard InChI is InChI=1S/C16H26N2O/c1-14(13-17)7-6-12-18-16(19)11-5-10-15-8-3-2-4-9-15/h2-4,8-9,14H,5-7,10-13,17H2,1H3,(H,18,19). The second-order valence-electron chi connectivity index (χ2n) is 5.17. The lowest BCUT2D eigenvalue weighted by atomic mass is 10.1. The molecule has 0 radical (unpaired) electrons. The maximum Gasteiger partial charge on any atom is 0.220 e. The number of nitrogens with one attached hydrogen (secondary N) is 1. The van der Waals surface area contributed by atoms with Crippen LogP contribution < -0.4 is 11.1 Å². The molecule has 1 aromatic rings. The minimum absolute atomic E-state index is 0.163. The highest BCUT2D eigenvalue weighted by atomic mass is 16.1. The molecule has 1 aromatic carbocycles. The molecule has 3 nitrogen and oxygen atoms in total. The summed E-state index contributed by atoms with van der Waals surface area (Å²) < 4.78 is 0. The van der Waals surface area contributed by atoms with Crippen LogP contribution in [-0.2, 0) is 11.2 Å². The van der Waals surface area contributed by atoms with Crippen molar-refractivity contribution in [2.45, 2.75) is 39.0 Å². The summed E-state index contributed by atoms with van der Waals surface area (Å²) in [6, 6.07) is 10.3. The van der Waals surface area contributed by atoms with Gasteiger partial charge in [0.25, 0.3) is 0 Å². The Labute approximate surface area is 116 Å². The second kappa shape index (κ2) is 9.56. The van der Waals surface area contributed by atoms with Gasteiger partial charge in [-0.15, -0.1) is 0 Å². The fraction of sp³-hybridized carbons (Fsp3) is 0.562. The zero-order chi connectivity index (χ0) is 13.9. The molecule has 0 heterocycles. The molecule has 1 amide bonds. The van der Waals surface area contributed by atoms with E-state index >= 15 is 0 Å². The summed E-state index contributed by atoms with van der Waals surface area (Å²) in [7, 11) is 0. The van der Waals surface area contributed by atoms with Crippen LogP contribution in [0.3, 0.4) is 0 Å². The molecule has 1 rings (SSSR count). The predicted molar refractivity (Wildman–Crippen MR) is 79.8 cm³/mol. The van der Waals surface area contributed by atoms with Crippen LogP contribution in [0, 0.1) is 5.92 Å².